The van der Waals surface area contributed by atoms with Crippen LogP contribution in [-0.2, 0) is 18.3 Å². The summed E-state index contributed by atoms with van der Waals surface area (Å²) >= 11 is 0. The first-order chi connectivity index (χ1) is 12.1. The van der Waals surface area contributed by atoms with Gasteiger partial charge in [-0.05, 0) is 11.6 Å². The molecule has 0 saturated carbocycles. The van der Waals surface area contributed by atoms with Crippen LogP contribution >= 0.6 is 0 Å². The molecule has 130 valence electrons. The first kappa shape index (κ1) is 15.7. The lowest BCUT2D eigenvalue weighted by Gasteiger charge is -2.36. The Morgan fingerprint density at radius 2 is 1.96 bits per heavy atom. The monoisotopic (exact) mass is 340 g/mol. The molecule has 2 aliphatic heterocycles. The zero-order valence-corrected chi connectivity index (χ0v) is 14.1. The van der Waals surface area contributed by atoms with Crippen molar-refractivity contribution in [3.63, 3.8) is 0 Å². The fraction of sp³-hybridized carbons (Fsp3) is 0.389. The molecule has 0 radical (unpaired) electrons. The van der Waals surface area contributed by atoms with Crippen molar-refractivity contribution >= 4 is 11.6 Å². The average molecular weight is 340 g/mol. The van der Waals surface area contributed by atoms with Crippen molar-refractivity contribution in [2.45, 2.75) is 12.5 Å². The summed E-state index contributed by atoms with van der Waals surface area (Å²) in [6.07, 6.45) is 1.90. The first-order valence-corrected chi connectivity index (χ1v) is 8.43. The number of aromatic nitrogens is 2. The number of aryl methyl sites for hydroxylation is 1. The fourth-order valence-corrected chi connectivity index (χ4v) is 3.34. The number of amides is 1. The Morgan fingerprint density at radius 3 is 2.68 bits per heavy atom. The standard InChI is InChI=1S/C18H20N4O3/c1-20-17(23)11-14(12-19-20)21-6-8-22(9-7-21)18(24)16-10-13-4-2-3-5-15(13)25-16/h2-5,11-12,16H,6-10H2,1H3/t16-/m0/s1. The molecule has 0 bridgehead atoms. The number of benzene rings is 1. The summed E-state index contributed by atoms with van der Waals surface area (Å²) in [7, 11) is 1.63. The van der Waals surface area contributed by atoms with Crippen molar-refractivity contribution in [1.82, 2.24) is 14.7 Å². The number of rotatable bonds is 2. The van der Waals surface area contributed by atoms with Gasteiger partial charge in [0, 0.05) is 45.7 Å². The average Bonchev–Trinajstić information content (AvgIpc) is 3.08. The Bertz CT molecular complexity index is 830. The largest absolute Gasteiger partial charge is 0.480 e. The van der Waals surface area contributed by atoms with Crippen LogP contribution in [0.25, 0.3) is 0 Å². The second-order valence-corrected chi connectivity index (χ2v) is 6.41. The number of piperazine rings is 1. The second kappa shape index (κ2) is 6.23. The molecule has 1 fully saturated rings. The van der Waals surface area contributed by atoms with Gasteiger partial charge < -0.3 is 14.5 Å². The SMILES string of the molecule is Cn1ncc(N2CCN(C(=O)[C@@H]3Cc4ccccc4O3)CC2)cc1=O. The number of nitrogens with zero attached hydrogens (tertiary/aromatic N) is 4. The highest BCUT2D eigenvalue weighted by Crippen LogP contribution is 2.29. The van der Waals surface area contributed by atoms with E-state index in [4.69, 9.17) is 4.74 Å². The number of fused-ring (bicyclic) bond motifs is 1. The van der Waals surface area contributed by atoms with Crippen LogP contribution in [0, 0.1) is 0 Å². The molecule has 1 aromatic heterocycles. The van der Waals surface area contributed by atoms with Gasteiger partial charge in [-0.2, -0.15) is 5.10 Å². The Labute approximate surface area is 145 Å². The van der Waals surface area contributed by atoms with Gasteiger partial charge in [0.1, 0.15) is 5.75 Å². The highest BCUT2D eigenvalue weighted by molar-refractivity contribution is 5.83. The zero-order chi connectivity index (χ0) is 17.4. The van der Waals surface area contributed by atoms with Crippen LogP contribution in [0.1, 0.15) is 5.56 Å². The lowest BCUT2D eigenvalue weighted by molar-refractivity contribution is -0.138. The van der Waals surface area contributed by atoms with Crippen LogP contribution in [0.2, 0.25) is 0 Å². The lowest BCUT2D eigenvalue weighted by atomic mass is 10.1. The van der Waals surface area contributed by atoms with Crippen molar-refractivity contribution < 1.29 is 9.53 Å². The minimum absolute atomic E-state index is 0.0398. The minimum atomic E-state index is -0.422. The van der Waals surface area contributed by atoms with Gasteiger partial charge in [0.2, 0.25) is 0 Å². The Balaban J connectivity index is 1.38. The molecule has 1 atom stereocenters. The maximum Gasteiger partial charge on any atom is 0.268 e. The quantitative estimate of drug-likeness (QED) is 0.793. The molecule has 3 heterocycles. The van der Waals surface area contributed by atoms with Gasteiger partial charge in [-0.25, -0.2) is 4.68 Å². The molecule has 2 aliphatic rings. The van der Waals surface area contributed by atoms with E-state index in [1.54, 1.807) is 19.3 Å². The molecule has 1 aromatic carbocycles. The highest BCUT2D eigenvalue weighted by Gasteiger charge is 2.33. The van der Waals surface area contributed by atoms with E-state index in [-0.39, 0.29) is 11.5 Å². The smallest absolute Gasteiger partial charge is 0.268 e. The summed E-state index contributed by atoms with van der Waals surface area (Å²) in [4.78, 5) is 28.4. The summed E-state index contributed by atoms with van der Waals surface area (Å²) < 4.78 is 7.11. The molecule has 1 saturated heterocycles. The molecule has 4 rings (SSSR count). The summed E-state index contributed by atoms with van der Waals surface area (Å²) in [6.45, 7) is 2.59. The van der Waals surface area contributed by atoms with E-state index in [2.05, 4.69) is 10.00 Å². The van der Waals surface area contributed by atoms with Crippen molar-refractivity contribution in [3.8, 4) is 5.75 Å². The van der Waals surface area contributed by atoms with Crippen LogP contribution in [0.15, 0.2) is 41.3 Å². The van der Waals surface area contributed by atoms with Crippen LogP contribution in [0.4, 0.5) is 5.69 Å². The second-order valence-electron chi connectivity index (χ2n) is 6.41. The molecule has 2 aromatic rings. The van der Waals surface area contributed by atoms with Crippen LogP contribution < -0.4 is 15.2 Å². The van der Waals surface area contributed by atoms with Crippen molar-refractivity contribution in [3.05, 3.63) is 52.4 Å². The Morgan fingerprint density at radius 1 is 1.20 bits per heavy atom. The Kier molecular flexibility index (Phi) is 3.91. The van der Waals surface area contributed by atoms with E-state index >= 15 is 0 Å². The number of hydrogen-bond acceptors (Lipinski definition) is 5. The van der Waals surface area contributed by atoms with Crippen LogP contribution in [0.3, 0.4) is 0 Å². The van der Waals surface area contributed by atoms with E-state index in [1.807, 2.05) is 29.2 Å². The van der Waals surface area contributed by atoms with Crippen LogP contribution in [0.5, 0.6) is 5.75 Å². The minimum Gasteiger partial charge on any atom is -0.480 e. The Hall–Kier alpha value is -2.83. The van der Waals surface area contributed by atoms with E-state index in [0.29, 0.717) is 32.6 Å². The van der Waals surface area contributed by atoms with E-state index < -0.39 is 6.10 Å². The van der Waals surface area contributed by atoms with E-state index in [0.717, 1.165) is 17.0 Å². The lowest BCUT2D eigenvalue weighted by Crippen LogP contribution is -2.52. The fourth-order valence-electron chi connectivity index (χ4n) is 3.34. The number of anilines is 1. The van der Waals surface area contributed by atoms with Gasteiger partial charge in [0.25, 0.3) is 11.5 Å². The van der Waals surface area contributed by atoms with Gasteiger partial charge in [0.15, 0.2) is 6.10 Å². The van der Waals surface area contributed by atoms with E-state index in [9.17, 15) is 9.59 Å². The third-order valence-corrected chi connectivity index (χ3v) is 4.83. The third kappa shape index (κ3) is 2.97. The normalized spacial score (nSPS) is 19.5. The molecule has 0 spiro atoms. The zero-order valence-electron chi connectivity index (χ0n) is 14.1. The van der Waals surface area contributed by atoms with Gasteiger partial charge >= 0.3 is 0 Å². The maximum absolute atomic E-state index is 12.7. The molecule has 25 heavy (non-hydrogen) atoms. The van der Waals surface area contributed by atoms with Crippen LogP contribution in [-0.4, -0.2) is 52.9 Å². The molecule has 0 N–H and O–H groups in total. The number of para-hydroxylation sites is 1. The number of carbonyl (C=O) groups is 1. The van der Waals surface area contributed by atoms with Gasteiger partial charge in [-0.3, -0.25) is 9.59 Å². The van der Waals surface area contributed by atoms with Crippen molar-refractivity contribution in [2.75, 3.05) is 31.1 Å². The predicted molar refractivity (Wildman–Crippen MR) is 92.8 cm³/mol. The number of hydrogen-bond donors (Lipinski definition) is 0. The van der Waals surface area contributed by atoms with E-state index in [1.165, 1.54) is 4.68 Å². The summed E-state index contributed by atoms with van der Waals surface area (Å²) in [5.41, 5.74) is 1.76. The summed E-state index contributed by atoms with van der Waals surface area (Å²) in [5.74, 6) is 0.851. The van der Waals surface area contributed by atoms with Gasteiger partial charge in [-0.1, -0.05) is 18.2 Å². The number of ether oxygens (including phenoxy) is 1. The number of carbonyl (C=O) groups excluding carboxylic acids is 1. The van der Waals surface area contributed by atoms with Crippen molar-refractivity contribution in [2.24, 2.45) is 7.05 Å². The molecule has 7 nitrogen and oxygen atoms in total. The highest BCUT2D eigenvalue weighted by atomic mass is 16.5. The molecule has 7 heteroatoms. The molecular formula is C18H20N4O3. The summed E-state index contributed by atoms with van der Waals surface area (Å²) in [6, 6.07) is 9.38. The van der Waals surface area contributed by atoms with Gasteiger partial charge in [0.05, 0.1) is 11.9 Å². The topological polar surface area (TPSA) is 67.7 Å². The molecule has 0 aliphatic carbocycles. The first-order valence-electron chi connectivity index (χ1n) is 8.43. The maximum atomic E-state index is 12.7. The predicted octanol–water partition coefficient (Wildman–Crippen LogP) is 0.433. The third-order valence-electron chi connectivity index (χ3n) is 4.83. The molecular weight excluding hydrogens is 320 g/mol. The molecule has 1 amide bonds. The summed E-state index contributed by atoms with van der Waals surface area (Å²) in [5, 5.41) is 4.06. The van der Waals surface area contributed by atoms with Crippen molar-refractivity contribution in [1.29, 1.82) is 0 Å². The van der Waals surface area contributed by atoms with Gasteiger partial charge in [-0.15, -0.1) is 0 Å². The molecule has 0 unspecified atom stereocenters.